The smallest absolute Gasteiger partial charge is 0.224 e. The standard InChI is InChI=1S/C10H22NO.ClH/c1-5-7-11(4,8-6-2)10(3)9-12-10;/h5-9H2,1-4H3;1H/q+1;/p-1. The summed E-state index contributed by atoms with van der Waals surface area (Å²) in [5.41, 5.74) is 0.145. The third-order valence-electron chi connectivity index (χ3n) is 3.14. The first-order valence-corrected chi connectivity index (χ1v) is 5.06. The molecule has 80 valence electrons. The summed E-state index contributed by atoms with van der Waals surface area (Å²) in [6.07, 6.45) is 2.49. The third kappa shape index (κ3) is 2.58. The number of nitrogens with zero attached hydrogens (tertiary/aromatic N) is 1. The molecule has 13 heavy (non-hydrogen) atoms. The second kappa shape index (κ2) is 4.63. The molecule has 1 unspecified atom stereocenters. The lowest BCUT2D eigenvalue weighted by molar-refractivity contribution is -0.952. The summed E-state index contributed by atoms with van der Waals surface area (Å²) in [4.78, 5) is 0. The van der Waals surface area contributed by atoms with Gasteiger partial charge in [0, 0.05) is 6.92 Å². The molecule has 0 aliphatic carbocycles. The molecule has 1 heterocycles. The molecule has 1 aliphatic rings. The van der Waals surface area contributed by atoms with E-state index in [4.69, 9.17) is 4.74 Å². The topological polar surface area (TPSA) is 12.5 Å². The van der Waals surface area contributed by atoms with E-state index >= 15 is 0 Å². The van der Waals surface area contributed by atoms with Crippen molar-refractivity contribution in [3.63, 3.8) is 0 Å². The molecule has 1 aliphatic heterocycles. The van der Waals surface area contributed by atoms with Gasteiger partial charge in [-0.2, -0.15) is 0 Å². The molecule has 1 atom stereocenters. The molecular weight excluding hydrogens is 186 g/mol. The molecule has 0 radical (unpaired) electrons. The molecule has 1 saturated heterocycles. The molecule has 2 nitrogen and oxygen atoms in total. The van der Waals surface area contributed by atoms with Crippen LogP contribution in [0.2, 0.25) is 0 Å². The molecule has 3 heteroatoms. The van der Waals surface area contributed by atoms with Crippen molar-refractivity contribution >= 4 is 0 Å². The summed E-state index contributed by atoms with van der Waals surface area (Å²) in [5.74, 6) is 0. The maximum absolute atomic E-state index is 5.54. The largest absolute Gasteiger partial charge is 1.00 e. The molecule has 0 N–H and O–H groups in total. The zero-order chi connectivity index (χ0) is 9.24. The van der Waals surface area contributed by atoms with Crippen molar-refractivity contribution in [3.8, 4) is 0 Å². The predicted molar refractivity (Wildman–Crippen MR) is 50.9 cm³/mol. The molecular formula is C10H22ClNO. The van der Waals surface area contributed by atoms with E-state index in [9.17, 15) is 0 Å². The molecule has 0 aromatic rings. The lowest BCUT2D eigenvalue weighted by Crippen LogP contribution is -3.00. The number of rotatable bonds is 5. The first-order chi connectivity index (χ1) is 5.58. The second-order valence-corrected chi connectivity index (χ2v) is 4.31. The van der Waals surface area contributed by atoms with Crippen LogP contribution in [0.1, 0.15) is 33.6 Å². The summed E-state index contributed by atoms with van der Waals surface area (Å²) in [5, 5.41) is 0. The summed E-state index contributed by atoms with van der Waals surface area (Å²) in [7, 11) is 2.32. The van der Waals surface area contributed by atoms with Gasteiger partial charge in [0.25, 0.3) is 0 Å². The Bertz CT molecular complexity index is 151. The van der Waals surface area contributed by atoms with Gasteiger partial charge in [0.05, 0.1) is 20.1 Å². The fraction of sp³-hybridized carbons (Fsp3) is 1.00. The van der Waals surface area contributed by atoms with Gasteiger partial charge in [0.15, 0.2) is 0 Å². The van der Waals surface area contributed by atoms with E-state index in [-0.39, 0.29) is 18.1 Å². The average Bonchev–Trinajstić information content (AvgIpc) is 2.70. The maximum atomic E-state index is 5.54. The van der Waals surface area contributed by atoms with Crippen LogP contribution in [-0.4, -0.2) is 37.0 Å². The van der Waals surface area contributed by atoms with E-state index < -0.39 is 0 Å². The second-order valence-electron chi connectivity index (χ2n) is 4.31. The molecule has 0 bridgehead atoms. The Labute approximate surface area is 88.3 Å². The van der Waals surface area contributed by atoms with Crippen LogP contribution < -0.4 is 12.4 Å². The number of hydrogen-bond acceptors (Lipinski definition) is 1. The van der Waals surface area contributed by atoms with Gasteiger partial charge in [-0.3, -0.25) is 4.48 Å². The van der Waals surface area contributed by atoms with Crippen LogP contribution in [0.15, 0.2) is 0 Å². The summed E-state index contributed by atoms with van der Waals surface area (Å²) < 4.78 is 6.64. The number of ether oxygens (including phenoxy) is 1. The van der Waals surface area contributed by atoms with Crippen LogP contribution in [-0.2, 0) is 4.74 Å². The first kappa shape index (κ1) is 13.2. The molecule has 0 spiro atoms. The predicted octanol–water partition coefficient (Wildman–Crippen LogP) is -0.997. The minimum atomic E-state index is 0. The van der Waals surface area contributed by atoms with Crippen molar-refractivity contribution in [2.45, 2.75) is 39.3 Å². The van der Waals surface area contributed by atoms with Crippen molar-refractivity contribution in [1.82, 2.24) is 0 Å². The summed E-state index contributed by atoms with van der Waals surface area (Å²) in [6.45, 7) is 10.2. The van der Waals surface area contributed by atoms with Gasteiger partial charge in [-0.1, -0.05) is 13.8 Å². The Kier molecular flexibility index (Phi) is 4.70. The normalized spacial score (nSPS) is 26.8. The van der Waals surface area contributed by atoms with Crippen molar-refractivity contribution in [2.75, 3.05) is 26.7 Å². The van der Waals surface area contributed by atoms with Crippen molar-refractivity contribution in [1.29, 1.82) is 0 Å². The van der Waals surface area contributed by atoms with Crippen molar-refractivity contribution in [2.24, 2.45) is 0 Å². The van der Waals surface area contributed by atoms with E-state index in [1.165, 1.54) is 25.9 Å². The molecule has 0 aromatic carbocycles. The highest BCUT2D eigenvalue weighted by Gasteiger charge is 2.55. The number of epoxide rings is 1. The summed E-state index contributed by atoms with van der Waals surface area (Å²) in [6, 6.07) is 0. The number of likely N-dealkylation sites (N-methyl/N-ethyl adjacent to an activating group) is 1. The molecule has 1 fully saturated rings. The maximum Gasteiger partial charge on any atom is 0.224 e. The van der Waals surface area contributed by atoms with E-state index in [1.54, 1.807) is 0 Å². The Morgan fingerprint density at radius 1 is 1.23 bits per heavy atom. The van der Waals surface area contributed by atoms with Gasteiger partial charge in [-0.05, 0) is 12.8 Å². The number of quaternary nitrogens is 1. The van der Waals surface area contributed by atoms with Crippen molar-refractivity contribution < 1.29 is 21.6 Å². The van der Waals surface area contributed by atoms with Crippen molar-refractivity contribution in [3.05, 3.63) is 0 Å². The summed E-state index contributed by atoms with van der Waals surface area (Å²) >= 11 is 0. The van der Waals surface area contributed by atoms with Gasteiger partial charge in [-0.15, -0.1) is 0 Å². The van der Waals surface area contributed by atoms with E-state index in [1.807, 2.05) is 0 Å². The molecule has 0 amide bonds. The van der Waals surface area contributed by atoms with Crippen LogP contribution in [0.4, 0.5) is 0 Å². The fourth-order valence-corrected chi connectivity index (χ4v) is 1.99. The number of halogens is 1. The molecule has 1 rings (SSSR count). The highest BCUT2D eigenvalue weighted by molar-refractivity contribution is 4.76. The number of hydrogen-bond donors (Lipinski definition) is 0. The fourth-order valence-electron chi connectivity index (χ4n) is 1.99. The molecule has 0 saturated carbocycles. The van der Waals surface area contributed by atoms with E-state index in [0.717, 1.165) is 11.1 Å². The quantitative estimate of drug-likeness (QED) is 0.417. The SMILES string of the molecule is CCC[N+](C)(CCC)C1(C)CO1.[Cl-]. The zero-order valence-electron chi connectivity index (χ0n) is 9.27. The van der Waals surface area contributed by atoms with Crippen LogP contribution in [0.3, 0.4) is 0 Å². The average molecular weight is 208 g/mol. The monoisotopic (exact) mass is 207 g/mol. The van der Waals surface area contributed by atoms with Crippen LogP contribution in [0, 0.1) is 0 Å². The first-order valence-electron chi connectivity index (χ1n) is 5.06. The van der Waals surface area contributed by atoms with Crippen LogP contribution in [0.5, 0.6) is 0 Å². The van der Waals surface area contributed by atoms with E-state index in [2.05, 4.69) is 27.8 Å². The minimum absolute atomic E-state index is 0. The van der Waals surface area contributed by atoms with E-state index in [0.29, 0.717) is 0 Å². The van der Waals surface area contributed by atoms with Gasteiger partial charge in [-0.25, -0.2) is 0 Å². The lowest BCUT2D eigenvalue weighted by Gasteiger charge is -2.37. The Morgan fingerprint density at radius 2 is 1.62 bits per heavy atom. The highest BCUT2D eigenvalue weighted by atomic mass is 35.5. The lowest BCUT2D eigenvalue weighted by atomic mass is 10.2. The van der Waals surface area contributed by atoms with Gasteiger partial charge in [0.2, 0.25) is 5.72 Å². The van der Waals surface area contributed by atoms with Gasteiger partial charge in [0.1, 0.15) is 6.61 Å². The Morgan fingerprint density at radius 3 is 1.85 bits per heavy atom. The van der Waals surface area contributed by atoms with Crippen LogP contribution >= 0.6 is 0 Å². The Balaban J connectivity index is 0.00000144. The van der Waals surface area contributed by atoms with Crippen LogP contribution in [0.25, 0.3) is 0 Å². The zero-order valence-corrected chi connectivity index (χ0v) is 10.0. The Hall–Kier alpha value is 0.210. The minimum Gasteiger partial charge on any atom is -1.00 e. The van der Waals surface area contributed by atoms with Gasteiger partial charge >= 0.3 is 0 Å². The highest BCUT2D eigenvalue weighted by Crippen LogP contribution is 2.36. The molecule has 0 aromatic heterocycles. The van der Waals surface area contributed by atoms with Gasteiger partial charge < -0.3 is 17.1 Å². The third-order valence-corrected chi connectivity index (χ3v) is 3.14.